The third-order valence-corrected chi connectivity index (χ3v) is 13.5. The van der Waals surface area contributed by atoms with Crippen LogP contribution in [0.15, 0.2) is 0 Å². The highest BCUT2D eigenvalue weighted by molar-refractivity contribution is 6.79. The number of rotatable bonds is 10. The van der Waals surface area contributed by atoms with Crippen LogP contribution in [0.2, 0.25) is 24.7 Å². The fraction of sp³-hybridized carbons (Fsp3) is 1.00. The Balaban J connectivity index is 5.22. The molecule has 0 radical (unpaired) electrons. The molecule has 128 valence electrons. The third-order valence-electron chi connectivity index (χ3n) is 4.78. The predicted octanol–water partition coefficient (Wildman–Crippen LogP) is 4.78. The van der Waals surface area contributed by atoms with Crippen molar-refractivity contribution in [2.45, 2.75) is 79.1 Å². The summed E-state index contributed by atoms with van der Waals surface area (Å²) < 4.78 is 14.9. The van der Waals surface area contributed by atoms with Crippen molar-refractivity contribution >= 4 is 16.8 Å². The summed E-state index contributed by atoms with van der Waals surface area (Å²) in [7, 11) is -3.62. The molecule has 0 bridgehead atoms. The zero-order valence-corrected chi connectivity index (χ0v) is 18.0. The molecule has 0 saturated carbocycles. The molecule has 0 spiro atoms. The van der Waals surface area contributed by atoms with Gasteiger partial charge in [0.1, 0.15) is 8.24 Å². The lowest BCUT2D eigenvalue weighted by Crippen LogP contribution is -2.62. The Kier molecular flexibility index (Phi) is 8.95. The molecule has 0 N–H and O–H groups in total. The fourth-order valence-electron chi connectivity index (χ4n) is 2.47. The summed E-state index contributed by atoms with van der Waals surface area (Å²) in [5, 5.41) is 0.356. The van der Waals surface area contributed by atoms with Crippen molar-refractivity contribution in [3.05, 3.63) is 0 Å². The van der Waals surface area contributed by atoms with Crippen molar-refractivity contribution < 1.29 is 8.85 Å². The van der Waals surface area contributed by atoms with Gasteiger partial charge in [0.25, 0.3) is 0 Å². The van der Waals surface area contributed by atoms with Crippen molar-refractivity contribution in [3.63, 3.8) is 0 Å². The maximum absolute atomic E-state index is 6.09. The average molecular weight is 334 g/mol. The van der Waals surface area contributed by atoms with Gasteiger partial charge in [-0.2, -0.15) is 0 Å². The first-order valence-electron chi connectivity index (χ1n) is 8.57. The smallest absolute Gasteiger partial charge is 0.348 e. The van der Waals surface area contributed by atoms with Crippen LogP contribution in [0.25, 0.3) is 0 Å². The first-order chi connectivity index (χ1) is 9.54. The lowest BCUT2D eigenvalue weighted by molar-refractivity contribution is 0.177. The predicted molar refractivity (Wildman–Crippen MR) is 98.5 cm³/mol. The van der Waals surface area contributed by atoms with Gasteiger partial charge >= 0.3 is 8.56 Å². The topological polar surface area (TPSA) is 21.7 Å². The van der Waals surface area contributed by atoms with E-state index in [1.807, 2.05) is 0 Å². The lowest BCUT2D eigenvalue weighted by atomic mass is 10.2. The van der Waals surface area contributed by atoms with E-state index in [-0.39, 0.29) is 0 Å². The molecule has 0 aromatic carbocycles. The van der Waals surface area contributed by atoms with Gasteiger partial charge in [-0.1, -0.05) is 47.2 Å². The molecule has 0 saturated heterocycles. The first-order valence-corrected chi connectivity index (χ1v) is 14.0. The molecule has 0 aliphatic carbocycles. The summed E-state index contributed by atoms with van der Waals surface area (Å²) in [6.07, 6.45) is 3.51. The Labute approximate surface area is 135 Å². The molecule has 0 fully saturated rings. The maximum Gasteiger partial charge on any atom is 0.348 e. The van der Waals surface area contributed by atoms with E-state index in [1.165, 1.54) is 19.4 Å². The molecule has 21 heavy (non-hydrogen) atoms. The minimum absolute atomic E-state index is 0.356. The average Bonchev–Trinajstić information content (AvgIpc) is 2.33. The minimum atomic E-state index is -2.09. The van der Waals surface area contributed by atoms with Crippen LogP contribution in [0.4, 0.5) is 0 Å². The van der Waals surface area contributed by atoms with Crippen LogP contribution >= 0.6 is 0 Å². The van der Waals surface area contributed by atoms with Crippen molar-refractivity contribution in [3.8, 4) is 0 Å². The van der Waals surface area contributed by atoms with Gasteiger partial charge < -0.3 is 13.4 Å². The maximum atomic E-state index is 6.09. The van der Waals surface area contributed by atoms with Crippen LogP contribution in [-0.4, -0.2) is 47.3 Å². The van der Waals surface area contributed by atoms with E-state index >= 15 is 0 Å². The number of hydrogen-bond donors (Lipinski definition) is 0. The second-order valence-corrected chi connectivity index (χ2v) is 16.0. The van der Waals surface area contributed by atoms with E-state index in [1.54, 1.807) is 0 Å². The highest BCUT2D eigenvalue weighted by atomic mass is 28.4. The SMILES string of the molecule is CCCCN(C[Si](C)(OCC)OCC)[Si](C)(C)C(C)(C)C. The molecule has 0 unspecified atom stereocenters. The molecule has 5 heteroatoms. The highest BCUT2D eigenvalue weighted by Gasteiger charge is 2.45. The quantitative estimate of drug-likeness (QED) is 0.537. The Morgan fingerprint density at radius 1 is 0.905 bits per heavy atom. The molecule has 0 aliphatic rings. The van der Waals surface area contributed by atoms with Gasteiger partial charge in [0.15, 0.2) is 0 Å². The van der Waals surface area contributed by atoms with Crippen LogP contribution in [0, 0.1) is 0 Å². The van der Waals surface area contributed by atoms with Crippen LogP contribution in [0.5, 0.6) is 0 Å². The summed E-state index contributed by atoms with van der Waals surface area (Å²) >= 11 is 0. The Bertz CT molecular complexity index is 284. The third kappa shape index (κ3) is 6.52. The van der Waals surface area contributed by atoms with Crippen LogP contribution < -0.4 is 0 Å². The molecule has 0 aliphatic heterocycles. The van der Waals surface area contributed by atoms with Gasteiger partial charge in [-0.3, -0.25) is 0 Å². The van der Waals surface area contributed by atoms with Crippen LogP contribution in [0.1, 0.15) is 54.4 Å². The van der Waals surface area contributed by atoms with Gasteiger partial charge in [-0.15, -0.1) is 0 Å². The molecular formula is C16H39NO2Si2. The second kappa shape index (κ2) is 8.82. The van der Waals surface area contributed by atoms with E-state index in [9.17, 15) is 0 Å². The van der Waals surface area contributed by atoms with Crippen molar-refractivity contribution in [1.82, 2.24) is 4.57 Å². The number of hydrogen-bond acceptors (Lipinski definition) is 3. The van der Waals surface area contributed by atoms with Gasteiger partial charge in [0.05, 0.1) is 0 Å². The molecule has 0 aromatic rings. The zero-order valence-electron chi connectivity index (χ0n) is 16.0. The molecule has 0 heterocycles. The van der Waals surface area contributed by atoms with Crippen LogP contribution in [-0.2, 0) is 8.85 Å². The summed E-state index contributed by atoms with van der Waals surface area (Å²) in [6.45, 7) is 23.5. The number of nitrogens with zero attached hydrogens (tertiary/aromatic N) is 1. The summed E-state index contributed by atoms with van der Waals surface area (Å²) in [6, 6.07) is 0. The van der Waals surface area contributed by atoms with Gasteiger partial charge in [0, 0.05) is 19.4 Å². The molecular weight excluding hydrogens is 294 g/mol. The van der Waals surface area contributed by atoms with E-state index < -0.39 is 16.8 Å². The fourth-order valence-corrected chi connectivity index (χ4v) is 8.92. The Morgan fingerprint density at radius 3 is 1.71 bits per heavy atom. The van der Waals surface area contributed by atoms with E-state index in [2.05, 4.69) is 65.7 Å². The van der Waals surface area contributed by atoms with E-state index in [0.717, 1.165) is 19.4 Å². The summed E-state index contributed by atoms with van der Waals surface area (Å²) in [5.74, 6) is 0. The van der Waals surface area contributed by atoms with Gasteiger partial charge in [-0.25, -0.2) is 0 Å². The van der Waals surface area contributed by atoms with Gasteiger partial charge in [-0.05, 0) is 38.4 Å². The number of unbranched alkanes of at least 4 members (excludes halogenated alkanes) is 1. The lowest BCUT2D eigenvalue weighted by Gasteiger charge is -2.48. The van der Waals surface area contributed by atoms with Crippen LogP contribution in [0.3, 0.4) is 0 Å². The first kappa shape index (κ1) is 21.3. The van der Waals surface area contributed by atoms with Crippen molar-refractivity contribution in [2.24, 2.45) is 0 Å². The molecule has 0 amide bonds. The standard InChI is InChI=1S/C16H39NO2Si2/c1-10-13-14-17(20(7,8)16(4,5)6)15-21(9,18-11-2)19-12-3/h10-15H2,1-9H3. The van der Waals surface area contributed by atoms with E-state index in [0.29, 0.717) is 5.04 Å². The van der Waals surface area contributed by atoms with Crippen molar-refractivity contribution in [2.75, 3.05) is 25.9 Å². The molecule has 0 aromatic heterocycles. The summed E-state index contributed by atoms with van der Waals surface area (Å²) in [5.41, 5.74) is 0. The van der Waals surface area contributed by atoms with Gasteiger partial charge in [0.2, 0.25) is 0 Å². The highest BCUT2D eigenvalue weighted by Crippen LogP contribution is 2.39. The molecule has 0 rings (SSSR count). The minimum Gasteiger partial charge on any atom is -0.394 e. The summed E-state index contributed by atoms with van der Waals surface area (Å²) in [4.78, 5) is 0. The zero-order chi connectivity index (χ0) is 16.7. The molecule has 3 nitrogen and oxygen atoms in total. The Morgan fingerprint density at radius 2 is 1.38 bits per heavy atom. The second-order valence-electron chi connectivity index (χ2n) is 7.58. The largest absolute Gasteiger partial charge is 0.394 e. The molecule has 0 atom stereocenters. The van der Waals surface area contributed by atoms with Crippen molar-refractivity contribution in [1.29, 1.82) is 0 Å². The monoisotopic (exact) mass is 333 g/mol. The Hall–Kier alpha value is 0.314. The van der Waals surface area contributed by atoms with E-state index in [4.69, 9.17) is 8.85 Å². The normalized spacial score (nSPS) is 14.0.